The molecule has 25 heavy (non-hydrogen) atoms. The van der Waals surface area contributed by atoms with Crippen molar-refractivity contribution in [3.63, 3.8) is 0 Å². The van der Waals surface area contributed by atoms with Crippen LogP contribution < -0.4 is 0 Å². The fourth-order valence-electron chi connectivity index (χ4n) is 4.38. The van der Waals surface area contributed by atoms with Crippen molar-refractivity contribution >= 4 is 16.6 Å². The van der Waals surface area contributed by atoms with Gasteiger partial charge >= 0.3 is 0 Å². The smallest absolute Gasteiger partial charge is 0.287 e. The molecule has 0 bridgehead atoms. The molecule has 8 heteroatoms. The van der Waals surface area contributed by atoms with Crippen LogP contribution in [0.15, 0.2) is 12.3 Å². The molecule has 0 unspecified atom stereocenters. The van der Waals surface area contributed by atoms with Gasteiger partial charge in [-0.05, 0) is 5.67 Å². The number of rotatable bonds is 6. The zero-order valence-electron chi connectivity index (χ0n) is 16.0. The van der Waals surface area contributed by atoms with Gasteiger partial charge in [0, 0.05) is 39.3 Å². The van der Waals surface area contributed by atoms with E-state index in [0.717, 1.165) is 78.9 Å². The van der Waals surface area contributed by atoms with Gasteiger partial charge < -0.3 is 14.2 Å². The highest BCUT2D eigenvalue weighted by Crippen LogP contribution is 2.32. The number of morpholine rings is 3. The van der Waals surface area contributed by atoms with E-state index in [4.69, 9.17) is 14.2 Å². The second-order valence-electron chi connectivity index (χ2n) is 7.94. The molecular formula is C17H35N3O3Si2. The van der Waals surface area contributed by atoms with Crippen LogP contribution in [0.5, 0.6) is 0 Å². The van der Waals surface area contributed by atoms with Gasteiger partial charge in [0.25, 0.3) is 8.56 Å². The third-order valence-corrected chi connectivity index (χ3v) is 16.8. The van der Waals surface area contributed by atoms with Crippen LogP contribution >= 0.6 is 0 Å². The summed E-state index contributed by atoms with van der Waals surface area (Å²) in [6, 6.07) is 0. The average Bonchev–Trinajstić information content (AvgIpc) is 2.68. The van der Waals surface area contributed by atoms with Crippen LogP contribution in [0.3, 0.4) is 0 Å². The fraction of sp³-hybridized carbons (Fsp3) is 0.882. The van der Waals surface area contributed by atoms with Gasteiger partial charge in [0.2, 0.25) is 0 Å². The van der Waals surface area contributed by atoms with E-state index >= 15 is 0 Å². The van der Waals surface area contributed by atoms with E-state index in [1.54, 1.807) is 0 Å². The summed E-state index contributed by atoms with van der Waals surface area (Å²) in [6.07, 6.45) is 0. The maximum absolute atomic E-state index is 5.71. The summed E-state index contributed by atoms with van der Waals surface area (Å²) in [5.74, 6) is 0. The van der Waals surface area contributed by atoms with E-state index < -0.39 is 16.6 Å². The van der Waals surface area contributed by atoms with Gasteiger partial charge in [0.15, 0.2) is 0 Å². The van der Waals surface area contributed by atoms with Crippen LogP contribution in [0.25, 0.3) is 0 Å². The molecule has 0 aromatic rings. The zero-order valence-corrected chi connectivity index (χ0v) is 18.0. The summed E-state index contributed by atoms with van der Waals surface area (Å²) in [5, 5.41) is 0. The number of nitrogens with zero attached hydrogens (tertiary/aromatic N) is 3. The topological polar surface area (TPSA) is 37.4 Å². The van der Waals surface area contributed by atoms with Crippen molar-refractivity contribution in [2.75, 3.05) is 78.9 Å². The van der Waals surface area contributed by atoms with Gasteiger partial charge in [0.05, 0.1) is 47.7 Å². The Kier molecular flexibility index (Phi) is 6.89. The highest BCUT2D eigenvalue weighted by atomic mass is 28.4. The average molecular weight is 386 g/mol. The Morgan fingerprint density at radius 3 is 1.32 bits per heavy atom. The molecule has 0 N–H and O–H groups in total. The van der Waals surface area contributed by atoms with Crippen LogP contribution in [0.1, 0.15) is 0 Å². The molecule has 0 aromatic carbocycles. The number of hydrogen-bond acceptors (Lipinski definition) is 6. The quantitative estimate of drug-likeness (QED) is 0.632. The molecule has 0 amide bonds. The van der Waals surface area contributed by atoms with Crippen LogP contribution in [-0.4, -0.2) is 109 Å². The van der Waals surface area contributed by atoms with Gasteiger partial charge in [-0.25, -0.2) is 0 Å². The minimum absolute atomic E-state index is 0.861. The Morgan fingerprint density at radius 2 is 1.04 bits per heavy atom. The van der Waals surface area contributed by atoms with E-state index in [9.17, 15) is 0 Å². The summed E-state index contributed by atoms with van der Waals surface area (Å²) in [6.45, 7) is 20.7. The fourth-order valence-corrected chi connectivity index (χ4v) is 16.4. The first-order valence-corrected chi connectivity index (χ1v) is 15.0. The maximum atomic E-state index is 5.71. The standard InChI is InChI=1S/C17H35N3O3Si2/c1-4-24(2,3)17-25(18-5-11-21-12-6-18,19-7-13-22-14-8-19)20-9-15-23-16-10-20/h4H,1,5-17H2,2-3H3. The molecule has 0 aliphatic carbocycles. The highest BCUT2D eigenvalue weighted by molar-refractivity contribution is 6.95. The van der Waals surface area contributed by atoms with Crippen molar-refractivity contribution in [3.8, 4) is 0 Å². The molecule has 0 radical (unpaired) electrons. The molecule has 0 spiro atoms. The molecule has 6 nitrogen and oxygen atoms in total. The van der Waals surface area contributed by atoms with Gasteiger partial charge in [-0.3, -0.25) is 13.7 Å². The van der Waals surface area contributed by atoms with Gasteiger partial charge in [-0.1, -0.05) is 13.1 Å². The first-order chi connectivity index (χ1) is 12.1. The minimum atomic E-state index is -2.00. The predicted molar refractivity (Wildman–Crippen MR) is 105 cm³/mol. The van der Waals surface area contributed by atoms with Crippen molar-refractivity contribution in [1.82, 2.24) is 13.7 Å². The van der Waals surface area contributed by atoms with E-state index in [-0.39, 0.29) is 0 Å². The molecule has 0 aromatic heterocycles. The Bertz CT molecular complexity index is 389. The maximum Gasteiger partial charge on any atom is 0.287 e. The van der Waals surface area contributed by atoms with Crippen molar-refractivity contribution in [1.29, 1.82) is 0 Å². The second-order valence-corrected chi connectivity index (χ2v) is 17.2. The van der Waals surface area contributed by atoms with Gasteiger partial charge in [0.1, 0.15) is 0 Å². The third kappa shape index (κ3) is 4.44. The van der Waals surface area contributed by atoms with Gasteiger partial charge in [-0.15, -0.1) is 12.3 Å². The van der Waals surface area contributed by atoms with E-state index in [1.807, 2.05) is 0 Å². The molecule has 144 valence electrons. The Hall–Kier alpha value is -0.0662. The highest BCUT2D eigenvalue weighted by Gasteiger charge is 2.54. The first-order valence-electron chi connectivity index (χ1n) is 9.70. The monoisotopic (exact) mass is 385 g/mol. The van der Waals surface area contributed by atoms with Crippen LogP contribution in [-0.2, 0) is 14.2 Å². The van der Waals surface area contributed by atoms with Crippen molar-refractivity contribution in [3.05, 3.63) is 12.3 Å². The molecule has 0 atom stereocenters. The lowest BCUT2D eigenvalue weighted by atomic mass is 10.5. The first kappa shape index (κ1) is 19.7. The second kappa shape index (κ2) is 8.75. The molecule has 3 heterocycles. The Balaban J connectivity index is 1.98. The lowest BCUT2D eigenvalue weighted by Crippen LogP contribution is -2.80. The van der Waals surface area contributed by atoms with Crippen molar-refractivity contribution in [2.24, 2.45) is 0 Å². The van der Waals surface area contributed by atoms with Crippen LogP contribution in [0.4, 0.5) is 0 Å². The SMILES string of the molecule is C=C[Si](C)(C)C[Si](N1CCOCC1)(N1CCOCC1)N1CCOCC1. The Labute approximate surface area is 154 Å². The predicted octanol–water partition coefficient (Wildman–Crippen LogP) is 0.895. The third-order valence-electron chi connectivity index (χ3n) is 5.80. The molecule has 3 fully saturated rings. The molecule has 3 aliphatic rings. The molecule has 3 aliphatic heterocycles. The molecule has 3 rings (SSSR count). The van der Waals surface area contributed by atoms with Gasteiger partial charge in [-0.2, -0.15) is 0 Å². The zero-order chi connectivity index (χ0) is 17.8. The van der Waals surface area contributed by atoms with E-state index in [1.165, 1.54) is 5.67 Å². The van der Waals surface area contributed by atoms with E-state index in [0.29, 0.717) is 0 Å². The summed E-state index contributed by atoms with van der Waals surface area (Å²) in [4.78, 5) is 0. The number of hydrogen-bond donors (Lipinski definition) is 0. The Morgan fingerprint density at radius 1 is 0.720 bits per heavy atom. The van der Waals surface area contributed by atoms with Crippen molar-refractivity contribution < 1.29 is 14.2 Å². The van der Waals surface area contributed by atoms with Crippen LogP contribution in [0.2, 0.25) is 18.8 Å². The number of ether oxygens (including phenoxy) is 3. The summed E-state index contributed by atoms with van der Waals surface area (Å²) in [7, 11) is -3.49. The molecular weight excluding hydrogens is 350 g/mol. The lowest BCUT2D eigenvalue weighted by molar-refractivity contribution is 0.0163. The van der Waals surface area contributed by atoms with E-state index in [2.05, 4.69) is 39.1 Å². The summed E-state index contributed by atoms with van der Waals surface area (Å²) in [5.41, 5.74) is 3.60. The molecule has 3 saturated heterocycles. The van der Waals surface area contributed by atoms with Crippen LogP contribution in [0, 0.1) is 0 Å². The lowest BCUT2D eigenvalue weighted by Gasteiger charge is -2.58. The summed E-state index contributed by atoms with van der Waals surface area (Å²) >= 11 is 0. The minimum Gasteiger partial charge on any atom is -0.379 e. The largest absolute Gasteiger partial charge is 0.379 e. The normalized spacial score (nSPS) is 25.8. The van der Waals surface area contributed by atoms with Crippen molar-refractivity contribution in [2.45, 2.75) is 18.8 Å². The molecule has 0 saturated carbocycles. The summed E-state index contributed by atoms with van der Waals surface area (Å²) < 4.78 is 25.6.